The van der Waals surface area contributed by atoms with E-state index < -0.39 is 11.4 Å². The molecule has 0 aliphatic carbocycles. The number of fused-ring (bicyclic) bond motifs is 1. The van der Waals surface area contributed by atoms with Crippen molar-refractivity contribution in [1.82, 2.24) is 24.3 Å². The quantitative estimate of drug-likeness (QED) is 0.452. The van der Waals surface area contributed by atoms with Gasteiger partial charge < -0.3 is 14.4 Å². The fourth-order valence-corrected chi connectivity index (χ4v) is 5.49. The zero-order valence-corrected chi connectivity index (χ0v) is 22.3. The number of pyridine rings is 1. The zero-order chi connectivity index (χ0) is 26.9. The van der Waals surface area contributed by atoms with Crippen LogP contribution in [0, 0.1) is 5.82 Å². The van der Waals surface area contributed by atoms with Crippen LogP contribution in [0.5, 0.6) is 0 Å². The number of carbonyl (C=O) groups is 3. The number of imide groups is 1. The van der Waals surface area contributed by atoms with Gasteiger partial charge in [0, 0.05) is 49.9 Å². The Bertz CT molecular complexity index is 1450. The first-order valence-electron chi connectivity index (χ1n) is 12.2. The summed E-state index contributed by atoms with van der Waals surface area (Å²) in [6, 6.07) is 7.89. The average molecular weight is 526 g/mol. The van der Waals surface area contributed by atoms with Gasteiger partial charge >= 0.3 is 6.03 Å². The van der Waals surface area contributed by atoms with Crippen molar-refractivity contribution < 1.29 is 18.8 Å². The van der Waals surface area contributed by atoms with Crippen LogP contribution in [-0.2, 0) is 10.3 Å². The van der Waals surface area contributed by atoms with Gasteiger partial charge in [-0.25, -0.2) is 14.2 Å². The topological polar surface area (TPSA) is 78.8 Å². The lowest BCUT2D eigenvalue weighted by molar-refractivity contribution is -0.134. The Labute approximate surface area is 219 Å². The monoisotopic (exact) mass is 525 g/mol. The third kappa shape index (κ3) is 3.87. The number of nitrogens with zero attached hydrogens (tertiary/aromatic N) is 5. The van der Waals surface area contributed by atoms with Crippen molar-refractivity contribution in [1.29, 1.82) is 0 Å². The van der Waals surface area contributed by atoms with Crippen molar-refractivity contribution in [3.63, 3.8) is 0 Å². The van der Waals surface area contributed by atoms with Crippen molar-refractivity contribution in [2.75, 3.05) is 27.2 Å². The lowest BCUT2D eigenvalue weighted by Gasteiger charge is -2.40. The van der Waals surface area contributed by atoms with Gasteiger partial charge in [-0.3, -0.25) is 14.5 Å². The lowest BCUT2D eigenvalue weighted by atomic mass is 9.86. The highest BCUT2D eigenvalue weighted by Crippen LogP contribution is 2.37. The predicted octanol–water partition coefficient (Wildman–Crippen LogP) is 4.75. The first kappa shape index (κ1) is 25.2. The molecule has 37 heavy (non-hydrogen) atoms. The fraction of sp³-hybridized carbons (Fsp3) is 0.407. The van der Waals surface area contributed by atoms with Gasteiger partial charge in [0.05, 0.1) is 5.02 Å². The Morgan fingerprint density at radius 1 is 1.08 bits per heavy atom. The van der Waals surface area contributed by atoms with Crippen LogP contribution in [0.1, 0.15) is 44.1 Å². The van der Waals surface area contributed by atoms with Gasteiger partial charge in [0.25, 0.3) is 11.8 Å². The van der Waals surface area contributed by atoms with Crippen molar-refractivity contribution in [3.05, 3.63) is 53.1 Å². The second kappa shape index (κ2) is 8.55. The normalized spacial score (nSPS) is 18.0. The SMILES string of the molecule is CN1C(=O)N(C)C2(CCN(C(=O)c3ccc4c(-c5ccc(Cl)c(F)c5)cn(C(C)(C)C)c4n3)CC2)C1=O. The second-order valence-corrected chi connectivity index (χ2v) is 11.2. The van der Waals surface area contributed by atoms with Gasteiger partial charge in [0.15, 0.2) is 0 Å². The molecule has 0 bridgehead atoms. The van der Waals surface area contributed by atoms with E-state index in [1.807, 2.05) is 37.6 Å². The Kier molecular flexibility index (Phi) is 5.82. The van der Waals surface area contributed by atoms with E-state index in [0.29, 0.717) is 42.8 Å². The van der Waals surface area contributed by atoms with Gasteiger partial charge in [0.1, 0.15) is 22.7 Å². The molecule has 5 rings (SSSR count). The standard InChI is InChI=1S/C27H29ClFN5O3/c1-26(2,3)34-15-18(16-6-8-19(28)20(29)14-16)17-7-9-21(30-22(17)34)23(35)33-12-10-27(11-13-33)24(36)31(4)25(37)32(27)5/h6-9,14-15H,10-13H2,1-5H3. The molecule has 10 heteroatoms. The first-order valence-corrected chi connectivity index (χ1v) is 12.6. The minimum Gasteiger partial charge on any atom is -0.337 e. The van der Waals surface area contributed by atoms with Crippen molar-refractivity contribution in [2.45, 2.75) is 44.7 Å². The summed E-state index contributed by atoms with van der Waals surface area (Å²) in [7, 11) is 3.13. The van der Waals surface area contributed by atoms with E-state index in [2.05, 4.69) is 0 Å². The molecule has 8 nitrogen and oxygen atoms in total. The number of halogens is 2. The van der Waals surface area contributed by atoms with Crippen LogP contribution in [0.15, 0.2) is 36.5 Å². The van der Waals surface area contributed by atoms with Crippen molar-refractivity contribution >= 4 is 40.5 Å². The minimum absolute atomic E-state index is 0.0548. The summed E-state index contributed by atoms with van der Waals surface area (Å²) in [6.07, 6.45) is 2.67. The van der Waals surface area contributed by atoms with Crippen LogP contribution < -0.4 is 0 Å². The maximum atomic E-state index is 14.2. The summed E-state index contributed by atoms with van der Waals surface area (Å²) in [4.78, 5) is 47.7. The van der Waals surface area contributed by atoms with Crippen LogP contribution in [0.3, 0.4) is 0 Å². The van der Waals surface area contributed by atoms with Gasteiger partial charge in [-0.15, -0.1) is 0 Å². The number of aromatic nitrogens is 2. The van der Waals surface area contributed by atoms with E-state index in [1.54, 1.807) is 24.1 Å². The molecule has 4 amide bonds. The molecule has 2 fully saturated rings. The number of urea groups is 1. The highest BCUT2D eigenvalue weighted by atomic mass is 35.5. The molecule has 0 atom stereocenters. The summed E-state index contributed by atoms with van der Waals surface area (Å²) >= 11 is 5.89. The smallest absolute Gasteiger partial charge is 0.327 e. The summed E-state index contributed by atoms with van der Waals surface area (Å²) in [5.74, 6) is -0.955. The Hall–Kier alpha value is -3.46. The number of rotatable bonds is 2. The number of likely N-dealkylation sites (tertiary alicyclic amines) is 1. The molecule has 2 aliphatic heterocycles. The first-order chi connectivity index (χ1) is 17.3. The number of amides is 4. The van der Waals surface area contributed by atoms with E-state index in [4.69, 9.17) is 16.6 Å². The molecule has 1 spiro atoms. The molecule has 3 aromatic rings. The third-order valence-corrected chi connectivity index (χ3v) is 7.93. The molecular weight excluding hydrogens is 497 g/mol. The van der Waals surface area contributed by atoms with Gasteiger partial charge in [-0.05, 0) is 63.4 Å². The Balaban J connectivity index is 1.47. The summed E-state index contributed by atoms with van der Waals surface area (Å²) in [5, 5.41) is 0.852. The largest absolute Gasteiger partial charge is 0.337 e. The van der Waals surface area contributed by atoms with Crippen LogP contribution in [0.4, 0.5) is 9.18 Å². The number of carbonyl (C=O) groups excluding carboxylic acids is 3. The van der Waals surface area contributed by atoms with Crippen LogP contribution in [-0.4, -0.2) is 74.8 Å². The van der Waals surface area contributed by atoms with E-state index >= 15 is 0 Å². The molecule has 0 radical (unpaired) electrons. The van der Waals surface area contributed by atoms with Crippen LogP contribution in [0.25, 0.3) is 22.2 Å². The van der Waals surface area contributed by atoms with E-state index in [1.165, 1.54) is 24.1 Å². The number of benzene rings is 1. The van der Waals surface area contributed by atoms with Gasteiger partial charge in [-0.1, -0.05) is 17.7 Å². The molecule has 4 heterocycles. The minimum atomic E-state index is -0.899. The van der Waals surface area contributed by atoms with Crippen LogP contribution >= 0.6 is 11.6 Å². The lowest BCUT2D eigenvalue weighted by Crippen LogP contribution is -2.56. The number of likely N-dealkylation sites (N-methyl/N-ethyl adjacent to an activating group) is 2. The van der Waals surface area contributed by atoms with E-state index in [-0.39, 0.29) is 28.4 Å². The summed E-state index contributed by atoms with van der Waals surface area (Å²) < 4.78 is 16.2. The number of piperidine rings is 1. The molecule has 0 N–H and O–H groups in total. The summed E-state index contributed by atoms with van der Waals surface area (Å²) in [6.45, 7) is 6.78. The van der Waals surface area contributed by atoms with E-state index in [9.17, 15) is 18.8 Å². The molecular formula is C27H29ClFN5O3. The molecule has 2 aromatic heterocycles. The maximum absolute atomic E-state index is 14.2. The molecule has 2 saturated heterocycles. The fourth-order valence-electron chi connectivity index (χ4n) is 5.37. The van der Waals surface area contributed by atoms with Crippen molar-refractivity contribution in [2.24, 2.45) is 0 Å². The number of hydrogen-bond acceptors (Lipinski definition) is 4. The van der Waals surface area contributed by atoms with Gasteiger partial charge in [0.2, 0.25) is 0 Å². The highest BCUT2D eigenvalue weighted by Gasteiger charge is 2.55. The Morgan fingerprint density at radius 2 is 1.76 bits per heavy atom. The summed E-state index contributed by atoms with van der Waals surface area (Å²) in [5.41, 5.74) is 1.13. The predicted molar refractivity (Wildman–Crippen MR) is 139 cm³/mol. The third-order valence-electron chi connectivity index (χ3n) is 7.62. The molecule has 194 valence electrons. The van der Waals surface area contributed by atoms with E-state index in [0.717, 1.165) is 15.8 Å². The molecule has 0 unspecified atom stereocenters. The molecule has 2 aliphatic rings. The Morgan fingerprint density at radius 3 is 2.32 bits per heavy atom. The maximum Gasteiger partial charge on any atom is 0.327 e. The van der Waals surface area contributed by atoms with Gasteiger partial charge in [-0.2, -0.15) is 0 Å². The average Bonchev–Trinajstić information content (AvgIpc) is 3.33. The molecule has 1 aromatic carbocycles. The van der Waals surface area contributed by atoms with Crippen molar-refractivity contribution in [3.8, 4) is 11.1 Å². The molecule has 0 saturated carbocycles. The highest BCUT2D eigenvalue weighted by molar-refractivity contribution is 6.30. The van der Waals surface area contributed by atoms with Crippen LogP contribution in [0.2, 0.25) is 5.02 Å². The second-order valence-electron chi connectivity index (χ2n) is 10.8. The zero-order valence-electron chi connectivity index (χ0n) is 21.5. The number of hydrogen-bond donors (Lipinski definition) is 0.